The van der Waals surface area contributed by atoms with Gasteiger partial charge in [-0.1, -0.05) is 18.2 Å². The summed E-state index contributed by atoms with van der Waals surface area (Å²) in [6.45, 7) is 0. The minimum absolute atomic E-state index is 0.429. The monoisotopic (exact) mass is 1570 g/mol. The van der Waals surface area contributed by atoms with Crippen molar-refractivity contribution in [2.24, 2.45) is 0 Å². The summed E-state index contributed by atoms with van der Waals surface area (Å²) in [6.07, 6.45) is 0. The zero-order chi connectivity index (χ0) is 34.1. The van der Waals surface area contributed by atoms with Gasteiger partial charge in [0.15, 0.2) is 10.1 Å². The van der Waals surface area contributed by atoms with E-state index in [0.29, 0.717) is 43.5 Å². The zero-order valence-electron chi connectivity index (χ0n) is 20.7. The maximum atomic E-state index is 14.6. The lowest BCUT2D eigenvalue weighted by Crippen LogP contribution is -2.63. The van der Waals surface area contributed by atoms with Gasteiger partial charge in [0.25, 0.3) is 0 Å². The number of alkyl halides is 6. The minimum atomic E-state index is -1.69. The Balaban J connectivity index is 2.25. The largest absolute Gasteiger partial charge is 0.340 e. The van der Waals surface area contributed by atoms with Gasteiger partial charge in [0.05, 0.1) is 0 Å². The van der Waals surface area contributed by atoms with Crippen LogP contribution in [-0.4, -0.2) is 13.7 Å². The van der Waals surface area contributed by atoms with Gasteiger partial charge in [-0.05, 0) is 257 Å². The lowest BCUT2D eigenvalue weighted by molar-refractivity contribution is 0.459. The van der Waals surface area contributed by atoms with Crippen LogP contribution in [0.1, 0.15) is 16.7 Å². The van der Waals surface area contributed by atoms with Crippen molar-refractivity contribution in [3.8, 4) is 0 Å². The van der Waals surface area contributed by atoms with Gasteiger partial charge in [-0.2, -0.15) is 0 Å². The van der Waals surface area contributed by atoms with E-state index in [4.69, 9.17) is 0 Å². The van der Waals surface area contributed by atoms with E-state index in [-0.39, 0.29) is 0 Å². The van der Waals surface area contributed by atoms with Crippen LogP contribution < -0.4 is 17.1 Å². The highest BCUT2D eigenvalue weighted by molar-refractivity contribution is 9.25. The molecule has 21 heteroatoms. The Labute approximate surface area is 380 Å². The fraction of sp³-hybridized carbons (Fsp3) is 0.125. The van der Waals surface area contributed by atoms with Crippen molar-refractivity contribution in [3.63, 3.8) is 0 Å². The van der Waals surface area contributed by atoms with Crippen LogP contribution in [0.5, 0.6) is 0 Å². The van der Waals surface area contributed by atoms with Crippen molar-refractivity contribution in [3.05, 3.63) is 125 Å². The van der Waals surface area contributed by atoms with E-state index in [1.54, 1.807) is 36.4 Å². The van der Waals surface area contributed by atoms with E-state index in [2.05, 4.69) is 239 Å². The lowest BCUT2D eigenvalue weighted by atomic mass is 10.2. The predicted molar refractivity (Wildman–Crippen MR) is 233 cm³/mol. The molecule has 0 bridgehead atoms. The van der Waals surface area contributed by atoms with E-state index in [0.717, 1.165) is 27.1 Å². The smallest absolute Gasteiger partial charge is 0.247 e. The Morgan fingerprint density at radius 3 is 0.756 bits per heavy atom. The second kappa shape index (κ2) is 15.3. The van der Waals surface area contributed by atoms with Crippen LogP contribution in [-0.2, 0) is 10.1 Å². The fourth-order valence-electron chi connectivity index (χ4n) is 3.90. The van der Waals surface area contributed by atoms with Gasteiger partial charge in [-0.25, -0.2) is 28.1 Å². The third-order valence-corrected chi connectivity index (χ3v) is 20.9. The van der Waals surface area contributed by atoms with Crippen molar-refractivity contribution >= 4 is 239 Å². The van der Waals surface area contributed by atoms with Gasteiger partial charge in [0, 0.05) is 56.9 Å². The van der Waals surface area contributed by atoms with Gasteiger partial charge in [-0.15, -0.1) is 0 Å². The molecule has 0 aliphatic rings. The van der Waals surface area contributed by atoms with Crippen LogP contribution in [0.3, 0.4) is 0 Å². The number of nitrogens with zero attached hydrogens (tertiary/aromatic N) is 3. The first kappa shape index (κ1) is 41.0. The van der Waals surface area contributed by atoms with Gasteiger partial charge < -0.3 is 0 Å². The number of hydrogen-bond donors (Lipinski definition) is 0. The normalized spacial score (nSPS) is 12.6. The zero-order valence-corrected chi connectivity index (χ0v) is 44.5. The second-order valence-electron chi connectivity index (χ2n) is 8.65. The van der Waals surface area contributed by atoms with Crippen molar-refractivity contribution in [2.75, 3.05) is 0 Å². The molecule has 0 atom stereocenters. The molecular formula is C24H6Br15N3O3. The first-order valence-electron chi connectivity index (χ1n) is 11.2. The van der Waals surface area contributed by atoms with E-state index in [1.165, 1.54) is 0 Å². The van der Waals surface area contributed by atoms with Gasteiger partial charge in [-0.3, -0.25) is 0 Å². The number of halogens is 15. The first-order chi connectivity index (χ1) is 20.6. The predicted octanol–water partition coefficient (Wildman–Crippen LogP) is 13.4. The van der Waals surface area contributed by atoms with Gasteiger partial charge >= 0.3 is 17.1 Å². The van der Waals surface area contributed by atoms with E-state index >= 15 is 0 Å². The third kappa shape index (κ3) is 7.42. The maximum absolute atomic E-state index is 14.6. The molecule has 0 aliphatic heterocycles. The first-order valence-corrected chi connectivity index (χ1v) is 23.1. The van der Waals surface area contributed by atoms with Crippen LogP contribution >= 0.6 is 239 Å². The molecule has 4 rings (SSSR count). The fourth-order valence-corrected chi connectivity index (χ4v) is 14.0. The topological polar surface area (TPSA) is 66.0 Å². The van der Waals surface area contributed by atoms with Crippen molar-refractivity contribution in [2.45, 2.75) is 10.1 Å². The minimum Gasteiger partial charge on any atom is -0.247 e. The summed E-state index contributed by atoms with van der Waals surface area (Å²) in [7, 11) is 0. The van der Waals surface area contributed by atoms with Gasteiger partial charge in [0.1, 0.15) is 0 Å². The highest BCUT2D eigenvalue weighted by Crippen LogP contribution is 2.49. The van der Waals surface area contributed by atoms with Crippen LogP contribution in [0, 0.1) is 0 Å². The summed E-state index contributed by atoms with van der Waals surface area (Å²) in [6, 6.07) is 10.3. The Morgan fingerprint density at radius 1 is 0.356 bits per heavy atom. The summed E-state index contributed by atoms with van der Waals surface area (Å²) in [5, 5.41) is 0. The molecule has 0 saturated carbocycles. The standard InChI is InChI=1S/C24H6Br15N3O3/c25-10-4-1-7(13(28)16(10)31)22(34,35)40-19(43)41(23(36,37)8-2-5-11(26)17(32)14(8)29)21(45)42(20(40)44)24(38,39)9-3-6-12(27)18(33)15(9)30/h1-6H. The lowest BCUT2D eigenvalue weighted by Gasteiger charge is -2.33. The van der Waals surface area contributed by atoms with E-state index < -0.39 is 27.1 Å². The summed E-state index contributed by atoms with van der Waals surface area (Å²) in [5.74, 6) is 0. The summed E-state index contributed by atoms with van der Waals surface area (Å²) >= 11 is 53.3. The third-order valence-electron chi connectivity index (χ3n) is 6.07. The molecule has 1 aromatic heterocycles. The van der Waals surface area contributed by atoms with Crippen LogP contribution in [0.15, 0.2) is 91.0 Å². The number of rotatable bonds is 6. The van der Waals surface area contributed by atoms with E-state index in [9.17, 15) is 14.4 Å². The molecule has 0 spiro atoms. The van der Waals surface area contributed by atoms with Crippen molar-refractivity contribution in [1.82, 2.24) is 13.7 Å². The summed E-state index contributed by atoms with van der Waals surface area (Å²) in [5.41, 5.74) is -1.65. The molecule has 0 saturated heterocycles. The molecular weight excluding hydrogens is 1580 g/mol. The Bertz CT molecular complexity index is 1810. The average Bonchev–Trinajstić information content (AvgIpc) is 2.92. The molecule has 45 heavy (non-hydrogen) atoms. The Hall–Kier alpha value is 3.27. The van der Waals surface area contributed by atoms with Crippen LogP contribution in [0.2, 0.25) is 0 Å². The number of hydrogen-bond acceptors (Lipinski definition) is 3. The Kier molecular flexibility index (Phi) is 14.0. The van der Waals surface area contributed by atoms with Crippen LogP contribution in [0.4, 0.5) is 0 Å². The molecule has 240 valence electrons. The highest BCUT2D eigenvalue weighted by Gasteiger charge is 2.45. The molecule has 1 heterocycles. The molecule has 0 N–H and O–H groups in total. The molecule has 3 aromatic carbocycles. The Morgan fingerprint density at radius 2 is 0.556 bits per heavy atom. The van der Waals surface area contributed by atoms with Crippen molar-refractivity contribution in [1.29, 1.82) is 0 Å². The quantitative estimate of drug-likeness (QED) is 0.143. The molecule has 4 aromatic rings. The molecule has 6 nitrogen and oxygen atoms in total. The highest BCUT2D eigenvalue weighted by atomic mass is 79.9. The molecule has 0 aliphatic carbocycles. The second-order valence-corrected chi connectivity index (χ2v) is 26.0. The number of aromatic nitrogens is 3. The van der Waals surface area contributed by atoms with Crippen LogP contribution in [0.25, 0.3) is 0 Å². The number of benzene rings is 3. The van der Waals surface area contributed by atoms with Crippen molar-refractivity contribution < 1.29 is 0 Å². The molecule has 0 fully saturated rings. The summed E-state index contributed by atoms with van der Waals surface area (Å²) in [4.78, 5) is 43.9. The maximum Gasteiger partial charge on any atom is 0.340 e. The molecule has 0 unspecified atom stereocenters. The SMILES string of the molecule is O=c1n(C(Br)(Br)c2ccc(Br)c(Br)c2Br)c(=O)n(C(Br)(Br)c2ccc(Br)c(Br)c2Br)c(=O)n1C(Br)(Br)c1ccc(Br)c(Br)c1Br. The van der Waals surface area contributed by atoms with E-state index in [1.807, 2.05) is 0 Å². The average molecular weight is 1580 g/mol. The molecule has 0 radical (unpaired) electrons. The summed E-state index contributed by atoms with van der Waals surface area (Å²) < 4.78 is 3.20. The van der Waals surface area contributed by atoms with Gasteiger partial charge in [0.2, 0.25) is 0 Å². The molecule has 0 amide bonds.